The van der Waals surface area contributed by atoms with E-state index >= 15 is 0 Å². The fourth-order valence-corrected chi connectivity index (χ4v) is 1.98. The molecular weight excluding hydrogens is 232 g/mol. The summed E-state index contributed by atoms with van der Waals surface area (Å²) in [7, 11) is 0. The van der Waals surface area contributed by atoms with Crippen molar-refractivity contribution in [2.45, 2.75) is 19.6 Å². The number of aliphatic hydroxyl groups is 1. The lowest BCUT2D eigenvalue weighted by molar-refractivity contribution is 0.150. The first-order valence-electron chi connectivity index (χ1n) is 5.80. The van der Waals surface area contributed by atoms with Crippen molar-refractivity contribution in [3.05, 3.63) is 41.7 Å². The number of nitrogens with zero attached hydrogens (tertiary/aromatic N) is 2. The van der Waals surface area contributed by atoms with Gasteiger partial charge in [0, 0.05) is 11.9 Å². The molecule has 1 N–H and O–H groups in total. The maximum absolute atomic E-state index is 10.2. The van der Waals surface area contributed by atoms with Crippen LogP contribution in [-0.4, -0.2) is 21.7 Å². The first-order valence-corrected chi connectivity index (χ1v) is 5.80. The van der Waals surface area contributed by atoms with Gasteiger partial charge >= 0.3 is 0 Å². The summed E-state index contributed by atoms with van der Waals surface area (Å²) in [5.41, 5.74) is 1.82. The van der Waals surface area contributed by atoms with Crippen molar-refractivity contribution >= 4 is 0 Å². The van der Waals surface area contributed by atoms with Crippen LogP contribution in [-0.2, 0) is 6.54 Å². The van der Waals surface area contributed by atoms with Crippen LogP contribution in [0.3, 0.4) is 0 Å². The first-order chi connectivity index (χ1) is 8.74. The number of aryl methyl sites for hydroxylation is 1. The molecule has 2 heterocycles. The van der Waals surface area contributed by atoms with Gasteiger partial charge in [-0.1, -0.05) is 6.07 Å². The number of fused-ring (bicyclic) bond motifs is 1. The van der Waals surface area contributed by atoms with Gasteiger partial charge in [0.1, 0.15) is 0 Å². The Kier molecular flexibility index (Phi) is 2.68. The fourth-order valence-electron chi connectivity index (χ4n) is 1.98. The predicted molar refractivity (Wildman–Crippen MR) is 64.5 cm³/mol. The molecule has 3 rings (SSSR count). The highest BCUT2D eigenvalue weighted by Gasteiger charge is 2.17. The average molecular weight is 246 g/mol. The second-order valence-electron chi connectivity index (χ2n) is 4.28. The number of hydrogen-bond donors (Lipinski definition) is 1. The predicted octanol–water partition coefficient (Wildman–Crippen LogP) is 1.65. The van der Waals surface area contributed by atoms with Crippen molar-refractivity contribution in [2.75, 3.05) is 6.79 Å². The molecule has 0 bridgehead atoms. The van der Waals surface area contributed by atoms with Crippen LogP contribution in [0.4, 0.5) is 0 Å². The van der Waals surface area contributed by atoms with Crippen molar-refractivity contribution in [3.8, 4) is 11.5 Å². The topological polar surface area (TPSA) is 56.5 Å². The van der Waals surface area contributed by atoms with Crippen LogP contribution >= 0.6 is 0 Å². The van der Waals surface area contributed by atoms with Crippen molar-refractivity contribution in [3.63, 3.8) is 0 Å². The van der Waals surface area contributed by atoms with E-state index < -0.39 is 6.10 Å². The summed E-state index contributed by atoms with van der Waals surface area (Å²) in [5, 5.41) is 14.3. The minimum Gasteiger partial charge on any atom is -0.454 e. The van der Waals surface area contributed by atoms with Gasteiger partial charge in [0.15, 0.2) is 11.5 Å². The van der Waals surface area contributed by atoms with Crippen molar-refractivity contribution in [1.82, 2.24) is 9.78 Å². The second-order valence-corrected chi connectivity index (χ2v) is 4.28. The number of ether oxygens (including phenoxy) is 2. The van der Waals surface area contributed by atoms with Gasteiger partial charge in [-0.25, -0.2) is 0 Å². The smallest absolute Gasteiger partial charge is 0.231 e. The van der Waals surface area contributed by atoms with Crippen LogP contribution in [0.1, 0.15) is 17.4 Å². The Bertz CT molecular complexity index is 565. The maximum atomic E-state index is 10.2. The van der Waals surface area contributed by atoms with E-state index in [0.29, 0.717) is 12.3 Å². The van der Waals surface area contributed by atoms with E-state index in [0.717, 1.165) is 17.0 Å². The highest BCUT2D eigenvalue weighted by atomic mass is 16.7. The Morgan fingerprint density at radius 1 is 1.33 bits per heavy atom. The molecule has 2 aromatic rings. The lowest BCUT2D eigenvalue weighted by atomic mass is 10.1. The van der Waals surface area contributed by atoms with Gasteiger partial charge in [0.05, 0.1) is 12.6 Å². The summed E-state index contributed by atoms with van der Waals surface area (Å²) in [6.45, 7) is 2.63. The molecular formula is C13H14N2O3. The summed E-state index contributed by atoms with van der Waals surface area (Å²) in [4.78, 5) is 0. The molecule has 0 saturated heterocycles. The number of benzene rings is 1. The molecule has 5 nitrogen and oxygen atoms in total. The minimum absolute atomic E-state index is 0.243. The Morgan fingerprint density at radius 3 is 2.94 bits per heavy atom. The van der Waals surface area contributed by atoms with Gasteiger partial charge < -0.3 is 14.6 Å². The van der Waals surface area contributed by atoms with Gasteiger partial charge in [-0.15, -0.1) is 0 Å². The second kappa shape index (κ2) is 4.34. The van der Waals surface area contributed by atoms with Crippen LogP contribution in [0.5, 0.6) is 11.5 Å². The first kappa shape index (κ1) is 11.1. The molecule has 94 valence electrons. The Hall–Kier alpha value is -2.01. The lowest BCUT2D eigenvalue weighted by Crippen LogP contribution is -2.11. The summed E-state index contributed by atoms with van der Waals surface area (Å²) in [6, 6.07) is 7.38. The van der Waals surface area contributed by atoms with Gasteiger partial charge in [0.2, 0.25) is 6.79 Å². The zero-order chi connectivity index (χ0) is 12.5. The van der Waals surface area contributed by atoms with E-state index in [2.05, 4.69) is 5.10 Å². The standard InChI is InChI=1S/C13H14N2O3/c1-9-4-5-14-15(9)7-11(16)10-2-3-12-13(6-10)18-8-17-12/h2-6,11,16H,7-8H2,1H3. The number of aromatic nitrogens is 2. The Morgan fingerprint density at radius 2 is 2.17 bits per heavy atom. The zero-order valence-electron chi connectivity index (χ0n) is 10.0. The highest BCUT2D eigenvalue weighted by Crippen LogP contribution is 2.34. The third-order valence-electron chi connectivity index (χ3n) is 3.06. The summed E-state index contributed by atoms with van der Waals surface area (Å²) in [5.74, 6) is 1.41. The zero-order valence-corrected chi connectivity index (χ0v) is 10.0. The van der Waals surface area contributed by atoms with Crippen LogP contribution in [0, 0.1) is 6.92 Å². The minimum atomic E-state index is -0.613. The molecule has 1 aromatic heterocycles. The van der Waals surface area contributed by atoms with Crippen LogP contribution < -0.4 is 9.47 Å². The van der Waals surface area contributed by atoms with Gasteiger partial charge in [-0.2, -0.15) is 5.10 Å². The summed E-state index contributed by atoms with van der Waals surface area (Å²) in [6.07, 6.45) is 1.11. The maximum Gasteiger partial charge on any atom is 0.231 e. The van der Waals surface area contributed by atoms with E-state index in [4.69, 9.17) is 9.47 Å². The molecule has 1 aliphatic heterocycles. The highest BCUT2D eigenvalue weighted by molar-refractivity contribution is 5.45. The summed E-state index contributed by atoms with van der Waals surface area (Å²) < 4.78 is 12.3. The summed E-state index contributed by atoms with van der Waals surface area (Å²) >= 11 is 0. The van der Waals surface area contributed by atoms with E-state index in [1.165, 1.54) is 0 Å². The average Bonchev–Trinajstić information content (AvgIpc) is 2.98. The quantitative estimate of drug-likeness (QED) is 0.894. The molecule has 0 saturated carbocycles. The third kappa shape index (κ3) is 1.93. The number of hydrogen-bond acceptors (Lipinski definition) is 4. The third-order valence-corrected chi connectivity index (χ3v) is 3.06. The molecule has 0 radical (unpaired) electrons. The molecule has 0 spiro atoms. The molecule has 0 fully saturated rings. The number of rotatable bonds is 3. The SMILES string of the molecule is Cc1ccnn1CC(O)c1ccc2c(c1)OCO2. The molecule has 18 heavy (non-hydrogen) atoms. The molecule has 1 aromatic carbocycles. The van der Waals surface area contributed by atoms with Gasteiger partial charge in [-0.05, 0) is 30.7 Å². The van der Waals surface area contributed by atoms with Crippen molar-refractivity contribution in [2.24, 2.45) is 0 Å². The molecule has 1 aliphatic rings. The van der Waals surface area contributed by atoms with Crippen molar-refractivity contribution < 1.29 is 14.6 Å². The normalized spacial score (nSPS) is 14.8. The van der Waals surface area contributed by atoms with Gasteiger partial charge in [-0.3, -0.25) is 4.68 Å². The Labute approximate surface area is 105 Å². The fraction of sp³-hybridized carbons (Fsp3) is 0.308. The largest absolute Gasteiger partial charge is 0.454 e. The van der Waals surface area contributed by atoms with Gasteiger partial charge in [0.25, 0.3) is 0 Å². The van der Waals surface area contributed by atoms with Crippen LogP contribution in [0.15, 0.2) is 30.5 Å². The molecule has 1 atom stereocenters. The molecule has 0 amide bonds. The molecule has 0 aliphatic carbocycles. The van der Waals surface area contributed by atoms with E-state index in [9.17, 15) is 5.11 Å². The molecule has 5 heteroatoms. The monoisotopic (exact) mass is 246 g/mol. The van der Waals surface area contributed by atoms with Crippen LogP contribution in [0.25, 0.3) is 0 Å². The van der Waals surface area contributed by atoms with E-state index in [-0.39, 0.29) is 6.79 Å². The van der Waals surface area contributed by atoms with Crippen molar-refractivity contribution in [1.29, 1.82) is 0 Å². The molecule has 1 unspecified atom stereocenters. The van der Waals surface area contributed by atoms with E-state index in [1.807, 2.05) is 31.2 Å². The lowest BCUT2D eigenvalue weighted by Gasteiger charge is -2.13. The van der Waals surface area contributed by atoms with Crippen LogP contribution in [0.2, 0.25) is 0 Å². The van der Waals surface area contributed by atoms with E-state index in [1.54, 1.807) is 10.9 Å². The Balaban J connectivity index is 1.80. The number of aliphatic hydroxyl groups excluding tert-OH is 1.